The second-order valence-corrected chi connectivity index (χ2v) is 9.19. The second kappa shape index (κ2) is 8.21. The SMILES string of the molecule is Cc1ccccc1S(=O)(=O)N1CCOc2ccc(CN3CCOCC3)cc2C1. The minimum Gasteiger partial charge on any atom is -0.492 e. The first kappa shape index (κ1) is 19.4. The average Bonchev–Trinajstić information content (AvgIpc) is 2.91. The van der Waals surface area contributed by atoms with Crippen molar-refractivity contribution in [1.82, 2.24) is 9.21 Å². The van der Waals surface area contributed by atoms with Crippen LogP contribution in [0.4, 0.5) is 0 Å². The van der Waals surface area contributed by atoms with Crippen LogP contribution in [0.5, 0.6) is 5.75 Å². The molecule has 0 radical (unpaired) electrons. The van der Waals surface area contributed by atoms with Crippen molar-refractivity contribution in [2.24, 2.45) is 0 Å². The number of hydrogen-bond donors (Lipinski definition) is 0. The van der Waals surface area contributed by atoms with Crippen molar-refractivity contribution in [2.45, 2.75) is 24.9 Å². The average molecular weight is 403 g/mol. The molecule has 0 N–H and O–H groups in total. The fourth-order valence-electron chi connectivity index (χ4n) is 3.73. The number of fused-ring (bicyclic) bond motifs is 1. The Morgan fingerprint density at radius 3 is 2.57 bits per heavy atom. The fourth-order valence-corrected chi connectivity index (χ4v) is 5.36. The zero-order chi connectivity index (χ0) is 19.6. The number of sulfonamides is 1. The number of nitrogens with zero attached hydrogens (tertiary/aromatic N) is 2. The van der Waals surface area contributed by atoms with Gasteiger partial charge in [-0.15, -0.1) is 0 Å². The maximum atomic E-state index is 13.2. The van der Waals surface area contributed by atoms with Gasteiger partial charge >= 0.3 is 0 Å². The molecule has 2 heterocycles. The van der Waals surface area contributed by atoms with Gasteiger partial charge in [-0.05, 0) is 36.2 Å². The van der Waals surface area contributed by atoms with Gasteiger partial charge in [0.15, 0.2) is 0 Å². The molecule has 6 nitrogen and oxygen atoms in total. The molecule has 0 bridgehead atoms. The van der Waals surface area contributed by atoms with Crippen LogP contribution in [0.25, 0.3) is 0 Å². The van der Waals surface area contributed by atoms with Crippen molar-refractivity contribution >= 4 is 10.0 Å². The molecular weight excluding hydrogens is 376 g/mol. The Kier molecular flexibility index (Phi) is 5.68. The lowest BCUT2D eigenvalue weighted by Crippen LogP contribution is -2.35. The molecule has 7 heteroatoms. The van der Waals surface area contributed by atoms with Gasteiger partial charge in [-0.25, -0.2) is 8.42 Å². The van der Waals surface area contributed by atoms with Gasteiger partial charge in [-0.2, -0.15) is 4.31 Å². The molecule has 1 fully saturated rings. The number of hydrogen-bond acceptors (Lipinski definition) is 5. The van der Waals surface area contributed by atoms with Crippen molar-refractivity contribution in [3.8, 4) is 5.75 Å². The van der Waals surface area contributed by atoms with Crippen LogP contribution in [0, 0.1) is 6.92 Å². The normalized spacial score (nSPS) is 18.9. The number of rotatable bonds is 4. The van der Waals surface area contributed by atoms with E-state index in [1.165, 1.54) is 9.87 Å². The van der Waals surface area contributed by atoms with Crippen molar-refractivity contribution < 1.29 is 17.9 Å². The van der Waals surface area contributed by atoms with E-state index >= 15 is 0 Å². The Morgan fingerprint density at radius 2 is 1.79 bits per heavy atom. The summed E-state index contributed by atoms with van der Waals surface area (Å²) in [6.07, 6.45) is 0. The molecule has 0 unspecified atom stereocenters. The van der Waals surface area contributed by atoms with E-state index in [2.05, 4.69) is 17.0 Å². The monoisotopic (exact) mass is 402 g/mol. The standard InChI is InChI=1S/C21H26N2O4S/c1-17-4-2-3-5-21(17)28(24,25)23-10-13-27-20-7-6-18(14-19(20)16-23)15-22-8-11-26-12-9-22/h2-7,14H,8-13,15-16H2,1H3. The topological polar surface area (TPSA) is 59.1 Å². The largest absolute Gasteiger partial charge is 0.492 e. The van der Waals surface area contributed by atoms with Crippen LogP contribution in [-0.2, 0) is 27.8 Å². The summed E-state index contributed by atoms with van der Waals surface area (Å²) in [5.41, 5.74) is 2.84. The minimum absolute atomic E-state index is 0.322. The second-order valence-electron chi connectivity index (χ2n) is 7.28. The fraction of sp³-hybridized carbons (Fsp3) is 0.429. The van der Waals surface area contributed by atoms with E-state index in [0.717, 1.165) is 49.7 Å². The van der Waals surface area contributed by atoms with E-state index in [0.29, 0.717) is 24.6 Å². The maximum absolute atomic E-state index is 13.2. The molecule has 0 spiro atoms. The Balaban J connectivity index is 1.58. The van der Waals surface area contributed by atoms with Crippen molar-refractivity contribution in [3.05, 3.63) is 59.2 Å². The zero-order valence-corrected chi connectivity index (χ0v) is 17.0. The number of aryl methyl sites for hydroxylation is 1. The first-order valence-electron chi connectivity index (χ1n) is 9.64. The van der Waals surface area contributed by atoms with Crippen LogP contribution < -0.4 is 4.74 Å². The number of morpholine rings is 1. The van der Waals surface area contributed by atoms with Crippen LogP contribution in [-0.4, -0.2) is 57.1 Å². The molecule has 28 heavy (non-hydrogen) atoms. The van der Waals surface area contributed by atoms with E-state index < -0.39 is 10.0 Å². The van der Waals surface area contributed by atoms with Gasteiger partial charge in [-0.1, -0.05) is 24.3 Å². The Morgan fingerprint density at radius 1 is 1.00 bits per heavy atom. The third-order valence-electron chi connectivity index (χ3n) is 5.29. The molecule has 2 aliphatic heterocycles. The van der Waals surface area contributed by atoms with Gasteiger partial charge in [-0.3, -0.25) is 4.90 Å². The first-order valence-corrected chi connectivity index (χ1v) is 11.1. The van der Waals surface area contributed by atoms with E-state index in [1.54, 1.807) is 12.1 Å². The summed E-state index contributed by atoms with van der Waals surface area (Å²) < 4.78 is 39.2. The van der Waals surface area contributed by atoms with E-state index in [9.17, 15) is 8.42 Å². The summed E-state index contributed by atoms with van der Waals surface area (Å²) in [4.78, 5) is 2.72. The van der Waals surface area contributed by atoms with Crippen LogP contribution >= 0.6 is 0 Å². The molecule has 2 aromatic carbocycles. The molecular formula is C21H26N2O4S. The summed E-state index contributed by atoms with van der Waals surface area (Å²) in [6.45, 7) is 7.03. The highest BCUT2D eigenvalue weighted by molar-refractivity contribution is 7.89. The zero-order valence-electron chi connectivity index (χ0n) is 16.1. The highest BCUT2D eigenvalue weighted by atomic mass is 32.2. The summed E-state index contributed by atoms with van der Waals surface area (Å²) in [5, 5.41) is 0. The number of benzene rings is 2. The van der Waals surface area contributed by atoms with Crippen molar-refractivity contribution in [3.63, 3.8) is 0 Å². The molecule has 0 amide bonds. The minimum atomic E-state index is -3.57. The van der Waals surface area contributed by atoms with Crippen LogP contribution in [0.2, 0.25) is 0 Å². The number of ether oxygens (including phenoxy) is 2. The maximum Gasteiger partial charge on any atom is 0.243 e. The predicted molar refractivity (Wildman–Crippen MR) is 107 cm³/mol. The Hall–Kier alpha value is -1.93. The van der Waals surface area contributed by atoms with Gasteiger partial charge in [0.25, 0.3) is 0 Å². The van der Waals surface area contributed by atoms with Gasteiger partial charge < -0.3 is 9.47 Å². The van der Waals surface area contributed by atoms with Gasteiger partial charge in [0.05, 0.1) is 18.1 Å². The quantitative estimate of drug-likeness (QED) is 0.786. The van der Waals surface area contributed by atoms with Crippen molar-refractivity contribution in [2.75, 3.05) is 39.5 Å². The molecule has 150 valence electrons. The Labute approximate surface area is 166 Å². The summed E-state index contributed by atoms with van der Waals surface area (Å²) in [6, 6.07) is 13.2. The molecule has 2 aromatic rings. The van der Waals surface area contributed by atoms with Gasteiger partial charge in [0.1, 0.15) is 12.4 Å². The first-order chi connectivity index (χ1) is 13.5. The summed E-state index contributed by atoms with van der Waals surface area (Å²) in [7, 11) is -3.57. The Bertz CT molecular complexity index is 939. The molecule has 0 aromatic heterocycles. The molecule has 2 aliphatic rings. The molecule has 4 rings (SSSR count). The third-order valence-corrected chi connectivity index (χ3v) is 7.30. The van der Waals surface area contributed by atoms with Crippen LogP contribution in [0.15, 0.2) is 47.4 Å². The van der Waals surface area contributed by atoms with E-state index in [-0.39, 0.29) is 0 Å². The van der Waals surface area contributed by atoms with E-state index in [1.807, 2.05) is 25.1 Å². The van der Waals surface area contributed by atoms with E-state index in [4.69, 9.17) is 9.47 Å². The summed E-state index contributed by atoms with van der Waals surface area (Å²) >= 11 is 0. The van der Waals surface area contributed by atoms with Crippen LogP contribution in [0.3, 0.4) is 0 Å². The third kappa shape index (κ3) is 4.07. The molecule has 0 aliphatic carbocycles. The highest BCUT2D eigenvalue weighted by Crippen LogP contribution is 2.29. The molecule has 1 saturated heterocycles. The van der Waals surface area contributed by atoms with Crippen LogP contribution in [0.1, 0.15) is 16.7 Å². The summed E-state index contributed by atoms with van der Waals surface area (Å²) in [5.74, 6) is 0.771. The highest BCUT2D eigenvalue weighted by Gasteiger charge is 2.29. The molecule has 0 atom stereocenters. The molecule has 0 saturated carbocycles. The lowest BCUT2D eigenvalue weighted by Gasteiger charge is -2.27. The van der Waals surface area contributed by atoms with Gasteiger partial charge in [0, 0.05) is 38.3 Å². The smallest absolute Gasteiger partial charge is 0.243 e. The lowest BCUT2D eigenvalue weighted by atomic mass is 10.1. The van der Waals surface area contributed by atoms with Gasteiger partial charge in [0.2, 0.25) is 10.0 Å². The van der Waals surface area contributed by atoms with Crippen molar-refractivity contribution in [1.29, 1.82) is 0 Å². The predicted octanol–water partition coefficient (Wildman–Crippen LogP) is 2.41. The lowest BCUT2D eigenvalue weighted by molar-refractivity contribution is 0.0342.